The van der Waals surface area contributed by atoms with Crippen molar-refractivity contribution in [2.45, 2.75) is 13.5 Å². The quantitative estimate of drug-likeness (QED) is 0.432. The molecule has 3 aromatic carbocycles. The van der Waals surface area contributed by atoms with E-state index in [1.807, 2.05) is 42.5 Å². The molecular formula is C26H25N3O2. The summed E-state index contributed by atoms with van der Waals surface area (Å²) in [7, 11) is 0. The molecule has 2 heterocycles. The minimum Gasteiger partial charge on any atom is -0.444 e. The van der Waals surface area contributed by atoms with E-state index in [1.165, 1.54) is 11.1 Å². The third-order valence-corrected chi connectivity index (χ3v) is 5.97. The third-order valence-electron chi connectivity index (χ3n) is 5.97. The number of carbonyl (C=O) groups excluding carboxylic acids is 1. The monoisotopic (exact) mass is 411 g/mol. The second-order valence-corrected chi connectivity index (χ2v) is 8.04. The highest BCUT2D eigenvalue weighted by atomic mass is 16.3. The molecule has 0 amide bonds. The highest BCUT2D eigenvalue weighted by Gasteiger charge is 2.19. The fraction of sp³-hybridized carbons (Fsp3) is 0.231. The summed E-state index contributed by atoms with van der Waals surface area (Å²) >= 11 is 0. The van der Waals surface area contributed by atoms with Crippen LogP contribution in [0.3, 0.4) is 0 Å². The molecule has 1 aliphatic rings. The van der Waals surface area contributed by atoms with Gasteiger partial charge in [-0.3, -0.25) is 9.69 Å². The van der Waals surface area contributed by atoms with Crippen molar-refractivity contribution in [3.05, 3.63) is 84.3 Å². The SMILES string of the molecule is CC(=O)c1ccc(N2CCN(Cc3coc(-c4cccc5ccccc45)n3)CC2)cc1. The van der Waals surface area contributed by atoms with Gasteiger partial charge in [-0.1, -0.05) is 36.4 Å². The zero-order valence-electron chi connectivity index (χ0n) is 17.6. The Morgan fingerprint density at radius 3 is 2.45 bits per heavy atom. The van der Waals surface area contributed by atoms with E-state index in [-0.39, 0.29) is 5.78 Å². The van der Waals surface area contributed by atoms with Crippen LogP contribution in [0.5, 0.6) is 0 Å². The Balaban J connectivity index is 1.23. The number of fused-ring (bicyclic) bond motifs is 1. The van der Waals surface area contributed by atoms with Gasteiger partial charge in [-0.25, -0.2) is 4.98 Å². The molecule has 1 aromatic heterocycles. The molecule has 0 radical (unpaired) electrons. The number of piperazine rings is 1. The van der Waals surface area contributed by atoms with Gasteiger partial charge in [0.1, 0.15) is 6.26 Å². The van der Waals surface area contributed by atoms with Crippen LogP contribution >= 0.6 is 0 Å². The van der Waals surface area contributed by atoms with Gasteiger partial charge >= 0.3 is 0 Å². The number of carbonyl (C=O) groups is 1. The third kappa shape index (κ3) is 4.09. The predicted molar refractivity (Wildman–Crippen MR) is 123 cm³/mol. The van der Waals surface area contributed by atoms with Crippen LogP contribution in [0.25, 0.3) is 22.2 Å². The smallest absolute Gasteiger partial charge is 0.226 e. The van der Waals surface area contributed by atoms with Crippen LogP contribution in [-0.2, 0) is 6.54 Å². The van der Waals surface area contributed by atoms with Gasteiger partial charge in [0.2, 0.25) is 5.89 Å². The van der Waals surface area contributed by atoms with Crippen LogP contribution in [0.2, 0.25) is 0 Å². The average Bonchev–Trinajstić information content (AvgIpc) is 3.27. The molecule has 1 saturated heterocycles. The van der Waals surface area contributed by atoms with Gasteiger partial charge in [0.25, 0.3) is 0 Å². The summed E-state index contributed by atoms with van der Waals surface area (Å²) in [5.41, 5.74) is 3.92. The van der Waals surface area contributed by atoms with Crippen molar-refractivity contribution in [3.8, 4) is 11.5 Å². The maximum absolute atomic E-state index is 11.5. The first-order chi connectivity index (χ1) is 15.2. The highest BCUT2D eigenvalue weighted by molar-refractivity contribution is 5.95. The van der Waals surface area contributed by atoms with Crippen LogP contribution in [0.15, 0.2) is 77.4 Å². The minimum absolute atomic E-state index is 0.104. The Labute approximate surface area is 181 Å². The maximum Gasteiger partial charge on any atom is 0.226 e. The van der Waals surface area contributed by atoms with Crippen molar-refractivity contribution >= 4 is 22.2 Å². The Hall–Kier alpha value is -3.44. The van der Waals surface area contributed by atoms with Crippen molar-refractivity contribution in [1.29, 1.82) is 0 Å². The molecule has 1 aliphatic heterocycles. The Morgan fingerprint density at radius 2 is 1.68 bits per heavy atom. The van der Waals surface area contributed by atoms with Gasteiger partial charge in [0, 0.05) is 49.5 Å². The number of oxazole rings is 1. The minimum atomic E-state index is 0.104. The van der Waals surface area contributed by atoms with E-state index >= 15 is 0 Å². The van der Waals surface area contributed by atoms with Crippen LogP contribution in [-0.4, -0.2) is 41.8 Å². The summed E-state index contributed by atoms with van der Waals surface area (Å²) < 4.78 is 5.85. The number of anilines is 1. The van der Waals surface area contributed by atoms with Gasteiger partial charge in [-0.15, -0.1) is 0 Å². The first-order valence-corrected chi connectivity index (χ1v) is 10.7. The number of Topliss-reactive ketones (excluding diaryl/α,β-unsaturated/α-hetero) is 1. The molecule has 0 atom stereocenters. The van der Waals surface area contributed by atoms with E-state index in [4.69, 9.17) is 9.40 Å². The number of benzene rings is 3. The van der Waals surface area contributed by atoms with Crippen LogP contribution < -0.4 is 4.90 Å². The lowest BCUT2D eigenvalue weighted by Gasteiger charge is -2.35. The summed E-state index contributed by atoms with van der Waals surface area (Å²) in [5, 5.41) is 2.34. The molecule has 156 valence electrons. The lowest BCUT2D eigenvalue weighted by atomic mass is 10.0. The maximum atomic E-state index is 11.5. The summed E-state index contributed by atoms with van der Waals surface area (Å²) in [6, 6.07) is 22.4. The molecule has 31 heavy (non-hydrogen) atoms. The number of hydrogen-bond donors (Lipinski definition) is 0. The van der Waals surface area contributed by atoms with Crippen LogP contribution in [0, 0.1) is 0 Å². The molecule has 0 aliphatic carbocycles. The van der Waals surface area contributed by atoms with Gasteiger partial charge < -0.3 is 9.32 Å². The summed E-state index contributed by atoms with van der Waals surface area (Å²) in [5.74, 6) is 0.780. The van der Waals surface area contributed by atoms with Gasteiger partial charge in [0.05, 0.1) is 5.69 Å². The number of aromatic nitrogens is 1. The second-order valence-electron chi connectivity index (χ2n) is 8.04. The first kappa shape index (κ1) is 19.5. The molecule has 0 bridgehead atoms. The molecule has 4 aromatic rings. The predicted octanol–water partition coefficient (Wildman–Crippen LogP) is 5.02. The fourth-order valence-electron chi connectivity index (χ4n) is 4.22. The zero-order valence-corrected chi connectivity index (χ0v) is 17.6. The Bertz CT molecular complexity index is 1200. The summed E-state index contributed by atoms with van der Waals surface area (Å²) in [6.07, 6.45) is 1.78. The van der Waals surface area contributed by atoms with Crippen molar-refractivity contribution in [1.82, 2.24) is 9.88 Å². The normalized spacial score (nSPS) is 14.8. The van der Waals surface area contributed by atoms with E-state index in [1.54, 1.807) is 13.2 Å². The Morgan fingerprint density at radius 1 is 0.935 bits per heavy atom. The number of ketones is 1. The number of nitrogens with zero attached hydrogens (tertiary/aromatic N) is 3. The van der Waals surface area contributed by atoms with Gasteiger partial charge in [-0.2, -0.15) is 0 Å². The van der Waals surface area contributed by atoms with E-state index in [9.17, 15) is 4.79 Å². The summed E-state index contributed by atoms with van der Waals surface area (Å²) in [4.78, 5) is 21.0. The summed E-state index contributed by atoms with van der Waals surface area (Å²) in [6.45, 7) is 6.21. The molecule has 5 rings (SSSR count). The van der Waals surface area contributed by atoms with E-state index in [2.05, 4.69) is 34.1 Å². The standard InChI is InChI=1S/C26H25N3O2/c1-19(30)20-9-11-23(12-10-20)29-15-13-28(14-16-29)17-22-18-31-26(27-22)25-8-4-6-21-5-2-3-7-24(21)25/h2-12,18H,13-17H2,1H3. The molecule has 0 saturated carbocycles. The molecule has 5 nitrogen and oxygen atoms in total. The van der Waals surface area contributed by atoms with Gasteiger partial charge in [0.15, 0.2) is 5.78 Å². The second kappa shape index (κ2) is 8.36. The van der Waals surface area contributed by atoms with Crippen molar-refractivity contribution in [2.75, 3.05) is 31.1 Å². The Kier molecular flexibility index (Phi) is 5.26. The molecule has 0 unspecified atom stereocenters. The lowest BCUT2D eigenvalue weighted by Crippen LogP contribution is -2.46. The largest absolute Gasteiger partial charge is 0.444 e. The van der Waals surface area contributed by atoms with Crippen molar-refractivity contribution < 1.29 is 9.21 Å². The topological polar surface area (TPSA) is 49.6 Å². The number of rotatable bonds is 5. The van der Waals surface area contributed by atoms with Crippen LogP contribution in [0.4, 0.5) is 5.69 Å². The molecule has 0 N–H and O–H groups in total. The zero-order chi connectivity index (χ0) is 21.2. The molecule has 0 spiro atoms. The molecule has 5 heteroatoms. The van der Waals surface area contributed by atoms with E-state index < -0.39 is 0 Å². The first-order valence-electron chi connectivity index (χ1n) is 10.7. The van der Waals surface area contributed by atoms with Crippen molar-refractivity contribution in [2.24, 2.45) is 0 Å². The number of hydrogen-bond acceptors (Lipinski definition) is 5. The van der Waals surface area contributed by atoms with E-state index in [0.717, 1.165) is 54.9 Å². The van der Waals surface area contributed by atoms with Gasteiger partial charge in [-0.05, 0) is 48.0 Å². The molecule has 1 fully saturated rings. The average molecular weight is 412 g/mol. The molecular weight excluding hydrogens is 386 g/mol. The van der Waals surface area contributed by atoms with E-state index in [0.29, 0.717) is 5.89 Å². The fourth-order valence-corrected chi connectivity index (χ4v) is 4.22. The van der Waals surface area contributed by atoms with Crippen molar-refractivity contribution in [3.63, 3.8) is 0 Å². The highest BCUT2D eigenvalue weighted by Crippen LogP contribution is 2.28. The lowest BCUT2D eigenvalue weighted by molar-refractivity contribution is 0.101. The van der Waals surface area contributed by atoms with Crippen LogP contribution in [0.1, 0.15) is 23.0 Å².